The van der Waals surface area contributed by atoms with Crippen molar-refractivity contribution in [2.45, 2.75) is 18.5 Å². The number of imidazole rings is 1. The molecule has 0 spiro atoms. The average molecular weight is 276 g/mol. The van der Waals surface area contributed by atoms with Crippen LogP contribution in [-0.2, 0) is 17.2 Å². The van der Waals surface area contributed by atoms with E-state index in [9.17, 15) is 13.2 Å². The fourth-order valence-corrected chi connectivity index (χ4v) is 0.780. The van der Waals surface area contributed by atoms with E-state index in [0.29, 0.717) is 5.82 Å². The van der Waals surface area contributed by atoms with E-state index in [-0.39, 0.29) is 0 Å². The van der Waals surface area contributed by atoms with Gasteiger partial charge in [-0.3, -0.25) is 4.55 Å². The molecule has 1 rings (SSSR count). The maximum Gasteiger partial charge on any atom is 0.522 e. The summed E-state index contributed by atoms with van der Waals surface area (Å²) in [6.07, 6.45) is 3.01. The third-order valence-corrected chi connectivity index (χ3v) is 2.11. The molecule has 6 nitrogen and oxygen atoms in total. The van der Waals surface area contributed by atoms with Gasteiger partial charge in [-0.2, -0.15) is 21.6 Å². The molecule has 100 valence electrons. The summed E-state index contributed by atoms with van der Waals surface area (Å²) in [4.78, 5) is 3.93. The van der Waals surface area contributed by atoms with Crippen LogP contribution >= 0.6 is 0 Å². The van der Waals surface area contributed by atoms with Gasteiger partial charge in [0.05, 0.1) is 0 Å². The van der Waals surface area contributed by atoms with E-state index >= 15 is 0 Å². The molecular weight excluding hydrogens is 265 g/mol. The Morgan fingerprint density at radius 3 is 2.00 bits per heavy atom. The second-order valence-corrected chi connectivity index (χ2v) is 4.41. The number of hydrogen-bond acceptors (Lipinski definition) is 4. The van der Waals surface area contributed by atoms with Crippen molar-refractivity contribution in [1.29, 1.82) is 0 Å². The lowest BCUT2D eigenvalue weighted by molar-refractivity contribution is -0.0510. The molecule has 1 aromatic heterocycles. The van der Waals surface area contributed by atoms with Gasteiger partial charge in [0.25, 0.3) is 0 Å². The van der Waals surface area contributed by atoms with Gasteiger partial charge >= 0.3 is 15.6 Å². The van der Waals surface area contributed by atoms with Crippen molar-refractivity contribution in [2.24, 2.45) is 7.05 Å². The monoisotopic (exact) mass is 276 g/mol. The van der Waals surface area contributed by atoms with E-state index in [1.54, 1.807) is 17.7 Å². The molecule has 0 aliphatic heterocycles. The molecule has 0 aromatic carbocycles. The van der Waals surface area contributed by atoms with Crippen LogP contribution in [0.2, 0.25) is 0 Å². The van der Waals surface area contributed by atoms with Gasteiger partial charge in [0.15, 0.2) is 0 Å². The first-order chi connectivity index (χ1) is 7.47. The highest BCUT2D eigenvalue weighted by Crippen LogP contribution is 2.20. The van der Waals surface area contributed by atoms with Gasteiger partial charge in [0, 0.05) is 19.4 Å². The zero-order valence-electron chi connectivity index (χ0n) is 8.88. The highest BCUT2D eigenvalue weighted by Gasteiger charge is 2.44. The van der Waals surface area contributed by atoms with E-state index in [1.807, 2.05) is 13.2 Å². The van der Waals surface area contributed by atoms with Crippen LogP contribution in [0.25, 0.3) is 0 Å². The summed E-state index contributed by atoms with van der Waals surface area (Å²) < 4.78 is 59.3. The topological polar surface area (TPSA) is 92.4 Å². The molecule has 1 unspecified atom stereocenters. The molecule has 0 aliphatic carbocycles. The Hall–Kier alpha value is -1.13. The van der Waals surface area contributed by atoms with Gasteiger partial charge in [-0.15, -0.1) is 0 Å². The number of hydrogen-bond donors (Lipinski definition) is 2. The molecule has 0 radical (unpaired) electrons. The molecule has 1 atom stereocenters. The number of alkyl halides is 3. The molecule has 10 heteroatoms. The predicted molar refractivity (Wildman–Crippen MR) is 51.4 cm³/mol. The van der Waals surface area contributed by atoms with Crippen molar-refractivity contribution in [3.63, 3.8) is 0 Å². The molecule has 0 saturated heterocycles. The minimum absolute atomic E-state index is 0.468. The lowest BCUT2D eigenvalue weighted by atomic mass is 10.4. The quantitative estimate of drug-likeness (QED) is 0.586. The van der Waals surface area contributed by atoms with Gasteiger partial charge in [-0.25, -0.2) is 4.98 Å². The van der Waals surface area contributed by atoms with Crippen molar-refractivity contribution in [1.82, 2.24) is 9.55 Å². The van der Waals surface area contributed by atoms with Crippen LogP contribution in [0.4, 0.5) is 13.2 Å². The Labute approximate surface area is 95.5 Å². The lowest BCUT2D eigenvalue weighted by Gasteiger charge is -2.01. The number of nitrogens with zero attached hydrogens (tertiary/aromatic N) is 2. The largest absolute Gasteiger partial charge is 0.522 e. The average Bonchev–Trinajstić information content (AvgIpc) is 2.48. The van der Waals surface area contributed by atoms with Gasteiger partial charge < -0.3 is 9.67 Å². The number of aliphatic hydroxyl groups is 1. The van der Waals surface area contributed by atoms with E-state index < -0.39 is 21.7 Å². The van der Waals surface area contributed by atoms with Crippen LogP contribution in [-0.4, -0.2) is 33.1 Å². The van der Waals surface area contributed by atoms with Crippen molar-refractivity contribution in [3.8, 4) is 0 Å². The summed E-state index contributed by atoms with van der Waals surface area (Å²) in [7, 11) is -3.98. The Balaban J connectivity index is 0.000000304. The Morgan fingerprint density at radius 2 is 1.88 bits per heavy atom. The molecule has 0 saturated carbocycles. The zero-order chi connectivity index (χ0) is 13.9. The minimum atomic E-state index is -5.84. The highest BCUT2D eigenvalue weighted by molar-refractivity contribution is 7.86. The summed E-state index contributed by atoms with van der Waals surface area (Å²) >= 11 is 0. The summed E-state index contributed by atoms with van der Waals surface area (Å²) in [6, 6.07) is 0. The standard InChI is InChI=1S/C6H10N2O.CHF3O3S/c1-5(9)6-7-3-4-8(6)2;2-1(3,4)8(5,6)7/h3-5,9H,1-2H3;(H,5,6,7). The summed E-state index contributed by atoms with van der Waals surface area (Å²) in [5.41, 5.74) is -5.53. The number of aryl methyl sites for hydroxylation is 1. The molecule has 1 aromatic rings. The number of aliphatic hydroxyl groups excluding tert-OH is 1. The zero-order valence-corrected chi connectivity index (χ0v) is 9.70. The first-order valence-corrected chi connectivity index (χ1v) is 5.60. The Morgan fingerprint density at radius 1 is 1.47 bits per heavy atom. The molecule has 1 heterocycles. The molecular formula is C7H11F3N2O4S. The van der Waals surface area contributed by atoms with Gasteiger partial charge in [0.1, 0.15) is 11.9 Å². The first-order valence-electron chi connectivity index (χ1n) is 4.16. The van der Waals surface area contributed by atoms with Gasteiger partial charge in [-0.05, 0) is 6.92 Å². The number of rotatable bonds is 1. The smallest absolute Gasteiger partial charge is 0.385 e. The Kier molecular flexibility index (Phi) is 5.11. The summed E-state index contributed by atoms with van der Waals surface area (Å²) in [6.45, 7) is 1.70. The third kappa shape index (κ3) is 5.15. The highest BCUT2D eigenvalue weighted by atomic mass is 32.2. The van der Waals surface area contributed by atoms with Crippen LogP contribution in [0.5, 0.6) is 0 Å². The van der Waals surface area contributed by atoms with Crippen LogP contribution in [0.1, 0.15) is 18.9 Å². The second-order valence-electron chi connectivity index (χ2n) is 2.99. The molecule has 2 N–H and O–H groups in total. The number of halogens is 3. The maximum absolute atomic E-state index is 10.7. The summed E-state index contributed by atoms with van der Waals surface area (Å²) in [5, 5.41) is 9.01. The van der Waals surface area contributed by atoms with E-state index in [4.69, 9.17) is 18.1 Å². The SMILES string of the molecule is CC(O)c1nccn1C.O=S(=O)(O)C(F)(F)F. The fourth-order valence-electron chi connectivity index (χ4n) is 0.780. The number of aromatic nitrogens is 2. The molecule has 0 bridgehead atoms. The van der Waals surface area contributed by atoms with Gasteiger partial charge in [-0.1, -0.05) is 0 Å². The molecule has 0 fully saturated rings. The lowest BCUT2D eigenvalue weighted by Crippen LogP contribution is -2.21. The predicted octanol–water partition coefficient (Wildman–Crippen LogP) is 0.867. The third-order valence-electron chi connectivity index (χ3n) is 1.52. The van der Waals surface area contributed by atoms with Crippen LogP contribution < -0.4 is 0 Å². The van der Waals surface area contributed by atoms with Crippen molar-refractivity contribution in [3.05, 3.63) is 18.2 Å². The van der Waals surface area contributed by atoms with E-state index in [0.717, 1.165) is 0 Å². The van der Waals surface area contributed by atoms with Gasteiger partial charge in [0.2, 0.25) is 0 Å². The minimum Gasteiger partial charge on any atom is -0.385 e. The van der Waals surface area contributed by atoms with Crippen LogP contribution in [0, 0.1) is 0 Å². The van der Waals surface area contributed by atoms with Crippen LogP contribution in [0.3, 0.4) is 0 Å². The van der Waals surface area contributed by atoms with Crippen molar-refractivity contribution < 1.29 is 31.2 Å². The van der Waals surface area contributed by atoms with Crippen molar-refractivity contribution in [2.75, 3.05) is 0 Å². The van der Waals surface area contributed by atoms with E-state index in [1.165, 1.54) is 0 Å². The first kappa shape index (κ1) is 15.9. The molecule has 0 aliphatic rings. The molecule has 17 heavy (non-hydrogen) atoms. The Bertz CT molecular complexity index is 452. The van der Waals surface area contributed by atoms with Crippen LogP contribution in [0.15, 0.2) is 12.4 Å². The second kappa shape index (κ2) is 5.47. The summed E-state index contributed by atoms with van der Waals surface area (Å²) in [5.74, 6) is 0.704. The van der Waals surface area contributed by atoms with Crippen molar-refractivity contribution >= 4 is 10.1 Å². The normalized spacial score (nSPS) is 13.8. The van der Waals surface area contributed by atoms with E-state index in [2.05, 4.69) is 4.98 Å². The fraction of sp³-hybridized carbons (Fsp3) is 0.571. The molecule has 0 amide bonds. The maximum atomic E-state index is 10.7.